The molecule has 0 spiro atoms. The SMILES string of the molecule is CCc1nn(C)c(C(=O)N(C)CCCCCO)c1N. The summed E-state index contributed by atoms with van der Waals surface area (Å²) in [5.74, 6) is -0.101. The summed E-state index contributed by atoms with van der Waals surface area (Å²) in [7, 11) is 3.50. The number of hydrogen-bond acceptors (Lipinski definition) is 4. The van der Waals surface area contributed by atoms with E-state index in [4.69, 9.17) is 10.8 Å². The molecule has 0 saturated heterocycles. The summed E-state index contributed by atoms with van der Waals surface area (Å²) < 4.78 is 1.56. The third-order valence-electron chi connectivity index (χ3n) is 3.20. The number of anilines is 1. The van der Waals surface area contributed by atoms with E-state index < -0.39 is 0 Å². The number of nitrogens with two attached hydrogens (primary N) is 1. The van der Waals surface area contributed by atoms with Crippen molar-refractivity contribution < 1.29 is 9.90 Å². The molecule has 0 aliphatic heterocycles. The first-order chi connectivity index (χ1) is 9.02. The van der Waals surface area contributed by atoms with Gasteiger partial charge in [0, 0.05) is 27.2 Å². The fourth-order valence-corrected chi connectivity index (χ4v) is 2.03. The van der Waals surface area contributed by atoms with E-state index in [2.05, 4.69) is 5.10 Å². The van der Waals surface area contributed by atoms with Crippen LogP contribution in [0.15, 0.2) is 0 Å². The van der Waals surface area contributed by atoms with Crippen LogP contribution in [0.3, 0.4) is 0 Å². The van der Waals surface area contributed by atoms with Crippen LogP contribution in [-0.4, -0.2) is 45.9 Å². The van der Waals surface area contributed by atoms with Gasteiger partial charge in [0.1, 0.15) is 5.69 Å². The summed E-state index contributed by atoms with van der Waals surface area (Å²) in [6.07, 6.45) is 3.28. The average molecular weight is 268 g/mol. The molecule has 0 aliphatic carbocycles. The number of carbonyl (C=O) groups excluding carboxylic acids is 1. The fraction of sp³-hybridized carbons (Fsp3) is 0.692. The number of rotatable bonds is 7. The Labute approximate surface area is 114 Å². The molecule has 1 aromatic heterocycles. The first kappa shape index (κ1) is 15.5. The summed E-state index contributed by atoms with van der Waals surface area (Å²) in [5, 5.41) is 13.0. The number of aliphatic hydroxyl groups excluding tert-OH is 1. The maximum atomic E-state index is 12.3. The Morgan fingerprint density at radius 1 is 1.42 bits per heavy atom. The van der Waals surface area contributed by atoms with E-state index in [-0.39, 0.29) is 12.5 Å². The molecular formula is C13H24N4O2. The minimum Gasteiger partial charge on any atom is -0.396 e. The lowest BCUT2D eigenvalue weighted by molar-refractivity contribution is 0.0782. The Hall–Kier alpha value is -1.56. The minimum atomic E-state index is -0.101. The van der Waals surface area contributed by atoms with Gasteiger partial charge >= 0.3 is 0 Å². The first-order valence-electron chi connectivity index (χ1n) is 6.70. The quantitative estimate of drug-likeness (QED) is 0.716. The molecule has 0 unspecified atom stereocenters. The van der Waals surface area contributed by atoms with E-state index in [9.17, 15) is 4.79 Å². The first-order valence-corrected chi connectivity index (χ1v) is 6.70. The molecule has 108 valence electrons. The number of aromatic nitrogens is 2. The van der Waals surface area contributed by atoms with Crippen LogP contribution in [0.4, 0.5) is 5.69 Å². The number of aryl methyl sites for hydroxylation is 2. The van der Waals surface area contributed by atoms with Gasteiger partial charge in [-0.3, -0.25) is 9.48 Å². The second-order valence-electron chi connectivity index (χ2n) is 4.70. The number of hydrogen-bond donors (Lipinski definition) is 2. The standard InChI is InChI=1S/C13H24N4O2/c1-4-10-11(14)12(17(3)15-10)13(19)16(2)8-6-5-7-9-18/h18H,4-9,14H2,1-3H3. The summed E-state index contributed by atoms with van der Waals surface area (Å²) in [6.45, 7) is 2.82. The molecule has 1 aromatic rings. The summed E-state index contributed by atoms with van der Waals surface area (Å²) in [6, 6.07) is 0. The van der Waals surface area contributed by atoms with Gasteiger partial charge in [-0.2, -0.15) is 5.10 Å². The van der Waals surface area contributed by atoms with Crippen molar-refractivity contribution in [2.24, 2.45) is 7.05 Å². The van der Waals surface area contributed by atoms with Gasteiger partial charge in [-0.25, -0.2) is 0 Å². The molecule has 1 amide bonds. The van der Waals surface area contributed by atoms with Crippen molar-refractivity contribution in [3.05, 3.63) is 11.4 Å². The highest BCUT2D eigenvalue weighted by Crippen LogP contribution is 2.18. The van der Waals surface area contributed by atoms with Crippen molar-refractivity contribution in [2.75, 3.05) is 25.9 Å². The molecule has 0 aromatic carbocycles. The molecular weight excluding hydrogens is 244 g/mol. The van der Waals surface area contributed by atoms with Crippen LogP contribution in [0.2, 0.25) is 0 Å². The summed E-state index contributed by atoms with van der Waals surface area (Å²) >= 11 is 0. The van der Waals surface area contributed by atoms with E-state index in [0.29, 0.717) is 24.3 Å². The fourth-order valence-electron chi connectivity index (χ4n) is 2.03. The topological polar surface area (TPSA) is 84.4 Å². The van der Waals surface area contributed by atoms with Gasteiger partial charge in [0.05, 0.1) is 11.4 Å². The summed E-state index contributed by atoms with van der Waals surface area (Å²) in [5.41, 5.74) is 7.67. The number of aliphatic hydroxyl groups is 1. The van der Waals surface area contributed by atoms with Crippen LogP contribution in [0, 0.1) is 0 Å². The minimum absolute atomic E-state index is 0.101. The lowest BCUT2D eigenvalue weighted by Gasteiger charge is -2.17. The Kier molecular flexibility index (Phi) is 5.82. The molecule has 1 heterocycles. The molecule has 6 heteroatoms. The smallest absolute Gasteiger partial charge is 0.274 e. The van der Waals surface area contributed by atoms with Crippen molar-refractivity contribution in [3.8, 4) is 0 Å². The van der Waals surface area contributed by atoms with Gasteiger partial charge in [-0.15, -0.1) is 0 Å². The Bertz CT molecular complexity index is 429. The Morgan fingerprint density at radius 2 is 2.11 bits per heavy atom. The van der Waals surface area contributed by atoms with Crippen molar-refractivity contribution in [2.45, 2.75) is 32.6 Å². The largest absolute Gasteiger partial charge is 0.396 e. The molecule has 0 atom stereocenters. The van der Waals surface area contributed by atoms with Gasteiger partial charge in [-0.1, -0.05) is 6.92 Å². The van der Waals surface area contributed by atoms with Crippen LogP contribution in [0.5, 0.6) is 0 Å². The molecule has 19 heavy (non-hydrogen) atoms. The zero-order valence-electron chi connectivity index (χ0n) is 12.0. The van der Waals surface area contributed by atoms with Gasteiger partial charge in [-0.05, 0) is 25.7 Å². The van der Waals surface area contributed by atoms with E-state index in [0.717, 1.165) is 25.0 Å². The second kappa shape index (κ2) is 7.13. The van der Waals surface area contributed by atoms with Crippen molar-refractivity contribution in [1.29, 1.82) is 0 Å². The van der Waals surface area contributed by atoms with Crippen LogP contribution >= 0.6 is 0 Å². The van der Waals surface area contributed by atoms with E-state index in [1.807, 2.05) is 6.92 Å². The normalized spacial score (nSPS) is 10.7. The number of unbranched alkanes of at least 4 members (excludes halogenated alkanes) is 2. The molecule has 1 rings (SSSR count). The molecule has 0 bridgehead atoms. The third kappa shape index (κ3) is 3.70. The Balaban J connectivity index is 2.69. The highest BCUT2D eigenvalue weighted by molar-refractivity contribution is 5.97. The van der Waals surface area contributed by atoms with Crippen LogP contribution in [0.25, 0.3) is 0 Å². The molecule has 0 radical (unpaired) electrons. The predicted octanol–water partition coefficient (Wildman–Crippen LogP) is 0.799. The maximum Gasteiger partial charge on any atom is 0.274 e. The molecule has 3 N–H and O–H groups in total. The molecule has 0 fully saturated rings. The molecule has 0 aliphatic rings. The maximum absolute atomic E-state index is 12.3. The second-order valence-corrected chi connectivity index (χ2v) is 4.70. The van der Waals surface area contributed by atoms with Gasteiger partial charge in [0.15, 0.2) is 0 Å². The third-order valence-corrected chi connectivity index (χ3v) is 3.20. The van der Waals surface area contributed by atoms with Gasteiger partial charge in [0.2, 0.25) is 0 Å². The number of carbonyl (C=O) groups is 1. The number of nitrogens with zero attached hydrogens (tertiary/aromatic N) is 3. The van der Waals surface area contributed by atoms with Gasteiger partial charge < -0.3 is 15.7 Å². The van der Waals surface area contributed by atoms with Crippen molar-refractivity contribution in [3.63, 3.8) is 0 Å². The monoisotopic (exact) mass is 268 g/mol. The lowest BCUT2D eigenvalue weighted by atomic mass is 10.2. The average Bonchev–Trinajstić information content (AvgIpc) is 2.68. The van der Waals surface area contributed by atoms with E-state index in [1.165, 1.54) is 0 Å². The van der Waals surface area contributed by atoms with E-state index >= 15 is 0 Å². The highest BCUT2D eigenvalue weighted by atomic mass is 16.2. The Morgan fingerprint density at radius 3 is 2.63 bits per heavy atom. The zero-order valence-corrected chi connectivity index (χ0v) is 12.0. The molecule has 6 nitrogen and oxygen atoms in total. The number of nitrogen functional groups attached to an aromatic ring is 1. The van der Waals surface area contributed by atoms with Crippen LogP contribution in [0.1, 0.15) is 42.4 Å². The van der Waals surface area contributed by atoms with Crippen molar-refractivity contribution >= 4 is 11.6 Å². The summed E-state index contributed by atoms with van der Waals surface area (Å²) in [4.78, 5) is 14.0. The highest BCUT2D eigenvalue weighted by Gasteiger charge is 2.21. The van der Waals surface area contributed by atoms with Crippen LogP contribution in [-0.2, 0) is 13.5 Å². The number of amides is 1. The van der Waals surface area contributed by atoms with Crippen molar-refractivity contribution in [1.82, 2.24) is 14.7 Å². The lowest BCUT2D eigenvalue weighted by Crippen LogP contribution is -2.30. The zero-order chi connectivity index (χ0) is 14.4. The molecule has 0 saturated carbocycles. The van der Waals surface area contributed by atoms with Gasteiger partial charge in [0.25, 0.3) is 5.91 Å². The van der Waals surface area contributed by atoms with Crippen LogP contribution < -0.4 is 5.73 Å². The predicted molar refractivity (Wildman–Crippen MR) is 74.9 cm³/mol. The van der Waals surface area contributed by atoms with E-state index in [1.54, 1.807) is 23.7 Å².